The summed E-state index contributed by atoms with van der Waals surface area (Å²) in [4.78, 5) is 0. The van der Waals surface area contributed by atoms with E-state index >= 15 is 0 Å². The van der Waals surface area contributed by atoms with E-state index < -0.39 is 16.4 Å². The lowest BCUT2D eigenvalue weighted by Gasteiger charge is -2.11. The van der Waals surface area contributed by atoms with Gasteiger partial charge in [0, 0.05) is 0 Å². The normalized spacial score (nSPS) is 28.1. The Kier molecular flexibility index (Phi) is 3.05. The zero-order chi connectivity index (χ0) is 9.19. The summed E-state index contributed by atoms with van der Waals surface area (Å²) in [5.41, 5.74) is 0. The first kappa shape index (κ1) is 9.91. The Bertz CT molecular complexity index is 237. The molecule has 0 aromatic carbocycles. The molecule has 5 nitrogen and oxygen atoms in total. The Morgan fingerprint density at radius 1 is 1.58 bits per heavy atom. The summed E-state index contributed by atoms with van der Waals surface area (Å²) in [6, 6.07) is 0. The van der Waals surface area contributed by atoms with Crippen LogP contribution in [-0.4, -0.2) is 27.8 Å². The van der Waals surface area contributed by atoms with E-state index in [9.17, 15) is 8.42 Å². The number of hydrogen-bond donors (Lipinski definition) is 2. The minimum Gasteiger partial charge on any atom is -0.361 e. The van der Waals surface area contributed by atoms with Crippen molar-refractivity contribution in [2.75, 3.05) is 13.2 Å². The Balaban J connectivity index is 2.29. The zero-order valence-corrected chi connectivity index (χ0v) is 8.02. The van der Waals surface area contributed by atoms with Crippen LogP contribution in [0.5, 0.6) is 0 Å². The molecule has 0 aromatic rings. The van der Waals surface area contributed by atoms with Gasteiger partial charge in [-0.25, -0.2) is 0 Å². The van der Waals surface area contributed by atoms with Gasteiger partial charge in [-0.15, -0.1) is 0 Å². The van der Waals surface area contributed by atoms with Crippen molar-refractivity contribution in [3.8, 4) is 0 Å². The Labute approximate surface area is 72.7 Å². The van der Waals surface area contributed by atoms with Crippen molar-refractivity contribution in [1.82, 2.24) is 9.44 Å². The lowest BCUT2D eigenvalue weighted by molar-refractivity contribution is 0.0393. The standard InChI is InChI=1S/C6H14N2O3S/c1-5(2)4-11-6-3-7-12(9,10)8-6/h5-8H,3-4H2,1-2H3. The molecule has 1 saturated heterocycles. The summed E-state index contributed by atoms with van der Waals surface area (Å²) in [7, 11) is -3.27. The smallest absolute Gasteiger partial charge is 0.279 e. The van der Waals surface area contributed by atoms with Crippen LogP contribution in [0.25, 0.3) is 0 Å². The number of nitrogens with one attached hydrogen (secondary N) is 2. The molecule has 6 heteroatoms. The van der Waals surface area contributed by atoms with Crippen LogP contribution in [0.1, 0.15) is 13.8 Å². The van der Waals surface area contributed by atoms with E-state index in [4.69, 9.17) is 4.74 Å². The van der Waals surface area contributed by atoms with Crippen molar-refractivity contribution < 1.29 is 13.2 Å². The molecule has 0 spiro atoms. The van der Waals surface area contributed by atoms with Crippen LogP contribution in [0.2, 0.25) is 0 Å². The SMILES string of the molecule is CC(C)COC1CNS(=O)(=O)N1. The van der Waals surface area contributed by atoms with Gasteiger partial charge in [0.05, 0.1) is 13.2 Å². The molecular weight excluding hydrogens is 180 g/mol. The highest BCUT2D eigenvalue weighted by atomic mass is 32.2. The summed E-state index contributed by atoms with van der Waals surface area (Å²) >= 11 is 0. The monoisotopic (exact) mass is 194 g/mol. The number of ether oxygens (including phenoxy) is 1. The van der Waals surface area contributed by atoms with E-state index in [1.807, 2.05) is 13.8 Å². The molecule has 12 heavy (non-hydrogen) atoms. The molecule has 72 valence electrons. The molecule has 0 amide bonds. The highest BCUT2D eigenvalue weighted by molar-refractivity contribution is 7.87. The largest absolute Gasteiger partial charge is 0.361 e. The molecule has 0 aromatic heterocycles. The van der Waals surface area contributed by atoms with E-state index in [2.05, 4.69) is 9.44 Å². The van der Waals surface area contributed by atoms with Gasteiger partial charge in [0.1, 0.15) is 6.23 Å². The molecule has 1 aliphatic rings. The molecule has 1 unspecified atom stereocenters. The zero-order valence-electron chi connectivity index (χ0n) is 7.20. The second-order valence-electron chi connectivity index (χ2n) is 3.19. The number of rotatable bonds is 3. The van der Waals surface area contributed by atoms with Crippen molar-refractivity contribution in [2.24, 2.45) is 5.92 Å². The molecule has 1 rings (SSSR count). The van der Waals surface area contributed by atoms with Gasteiger partial charge in [-0.1, -0.05) is 13.8 Å². The van der Waals surface area contributed by atoms with Crippen molar-refractivity contribution in [3.05, 3.63) is 0 Å². The molecule has 2 N–H and O–H groups in total. The lowest BCUT2D eigenvalue weighted by Crippen LogP contribution is -2.30. The first-order valence-electron chi connectivity index (χ1n) is 3.88. The van der Waals surface area contributed by atoms with Gasteiger partial charge in [0.2, 0.25) is 0 Å². The average molecular weight is 194 g/mol. The van der Waals surface area contributed by atoms with E-state index in [0.717, 1.165) is 0 Å². The van der Waals surface area contributed by atoms with Gasteiger partial charge in [-0.2, -0.15) is 17.9 Å². The summed E-state index contributed by atoms with van der Waals surface area (Å²) in [5.74, 6) is 0.412. The second kappa shape index (κ2) is 3.69. The molecule has 0 bridgehead atoms. The number of hydrogen-bond acceptors (Lipinski definition) is 3. The first-order chi connectivity index (χ1) is 5.49. The molecule has 0 aliphatic carbocycles. The molecule has 0 radical (unpaired) electrons. The van der Waals surface area contributed by atoms with Gasteiger partial charge in [0.25, 0.3) is 10.2 Å². The average Bonchev–Trinajstić information content (AvgIpc) is 2.26. The Morgan fingerprint density at radius 2 is 2.25 bits per heavy atom. The quantitative estimate of drug-likeness (QED) is 0.632. The summed E-state index contributed by atoms with van der Waals surface area (Å²) in [5, 5.41) is 0. The summed E-state index contributed by atoms with van der Waals surface area (Å²) in [6.45, 7) is 4.90. The topological polar surface area (TPSA) is 67.4 Å². The maximum Gasteiger partial charge on any atom is 0.279 e. The van der Waals surface area contributed by atoms with Gasteiger partial charge in [-0.05, 0) is 5.92 Å². The lowest BCUT2D eigenvalue weighted by atomic mass is 10.2. The predicted octanol–water partition coefficient (Wildman–Crippen LogP) is -0.577. The Morgan fingerprint density at radius 3 is 2.67 bits per heavy atom. The van der Waals surface area contributed by atoms with Crippen LogP contribution >= 0.6 is 0 Å². The van der Waals surface area contributed by atoms with E-state index in [-0.39, 0.29) is 0 Å². The minimum absolute atomic E-state index is 0.315. The third-order valence-corrected chi connectivity index (χ3v) is 2.50. The molecule has 1 aliphatic heterocycles. The Hall–Kier alpha value is -0.170. The van der Waals surface area contributed by atoms with Gasteiger partial charge in [-0.3, -0.25) is 0 Å². The first-order valence-corrected chi connectivity index (χ1v) is 5.36. The van der Waals surface area contributed by atoms with Crippen LogP contribution in [-0.2, 0) is 14.9 Å². The summed E-state index contributed by atoms with van der Waals surface area (Å²) < 4.78 is 31.4. The maximum absolute atomic E-state index is 10.8. The van der Waals surface area contributed by atoms with Gasteiger partial charge < -0.3 is 4.74 Å². The third-order valence-electron chi connectivity index (χ3n) is 1.38. The fraction of sp³-hybridized carbons (Fsp3) is 1.00. The molecule has 1 heterocycles. The van der Waals surface area contributed by atoms with E-state index in [1.54, 1.807) is 0 Å². The van der Waals surface area contributed by atoms with Crippen LogP contribution in [0.4, 0.5) is 0 Å². The maximum atomic E-state index is 10.8. The minimum atomic E-state index is -3.27. The van der Waals surface area contributed by atoms with Gasteiger partial charge in [0.15, 0.2) is 0 Å². The highest BCUT2D eigenvalue weighted by Crippen LogP contribution is 2.00. The van der Waals surface area contributed by atoms with Crippen molar-refractivity contribution in [2.45, 2.75) is 20.1 Å². The fourth-order valence-electron chi connectivity index (χ4n) is 0.843. The van der Waals surface area contributed by atoms with Crippen LogP contribution in [0.3, 0.4) is 0 Å². The highest BCUT2D eigenvalue weighted by Gasteiger charge is 2.26. The van der Waals surface area contributed by atoms with Crippen LogP contribution in [0.15, 0.2) is 0 Å². The molecule has 0 saturated carbocycles. The van der Waals surface area contributed by atoms with Crippen molar-refractivity contribution in [1.29, 1.82) is 0 Å². The van der Waals surface area contributed by atoms with Gasteiger partial charge >= 0.3 is 0 Å². The van der Waals surface area contributed by atoms with Crippen LogP contribution < -0.4 is 9.44 Å². The second-order valence-corrected chi connectivity index (χ2v) is 4.72. The molecular formula is C6H14N2O3S. The molecule has 1 atom stereocenters. The van der Waals surface area contributed by atoms with Crippen molar-refractivity contribution >= 4 is 10.2 Å². The van der Waals surface area contributed by atoms with E-state index in [1.165, 1.54) is 0 Å². The fourth-order valence-corrected chi connectivity index (χ4v) is 1.79. The van der Waals surface area contributed by atoms with Crippen molar-refractivity contribution in [3.63, 3.8) is 0 Å². The predicted molar refractivity (Wildman–Crippen MR) is 44.6 cm³/mol. The van der Waals surface area contributed by atoms with E-state index in [0.29, 0.717) is 19.1 Å². The molecule has 1 fully saturated rings. The van der Waals surface area contributed by atoms with Crippen LogP contribution in [0, 0.1) is 5.92 Å². The third kappa shape index (κ3) is 3.06. The summed E-state index contributed by atoms with van der Waals surface area (Å²) in [6.07, 6.45) is -0.405.